The van der Waals surface area contributed by atoms with Crippen molar-refractivity contribution >= 4 is 11.8 Å². The molecule has 0 aliphatic rings. The summed E-state index contributed by atoms with van der Waals surface area (Å²) >= 11 is 2.04. The first-order chi connectivity index (χ1) is 7.93. The van der Waals surface area contributed by atoms with E-state index in [1.807, 2.05) is 11.8 Å². The summed E-state index contributed by atoms with van der Waals surface area (Å²) in [5.41, 5.74) is 1.40. The van der Waals surface area contributed by atoms with Gasteiger partial charge in [0.25, 0.3) is 0 Å². The largest absolute Gasteiger partial charge is 0.158 e. The highest BCUT2D eigenvalue weighted by Gasteiger charge is 1.87. The van der Waals surface area contributed by atoms with Crippen molar-refractivity contribution in [2.24, 2.45) is 0 Å². The number of rotatable bonds is 8. The molecule has 1 heteroatoms. The Labute approximate surface area is 104 Å². The molecule has 0 bridgehead atoms. The van der Waals surface area contributed by atoms with E-state index in [2.05, 4.69) is 49.4 Å². The Bertz CT molecular complexity index is 277. The molecular formula is C15H22S. The number of allylic oxidation sites excluding steroid dienone is 1. The summed E-state index contributed by atoms with van der Waals surface area (Å²) in [6.45, 7) is 2.25. The second-order valence-electron chi connectivity index (χ2n) is 3.94. The molecule has 0 fully saturated rings. The molecule has 1 aromatic rings. The summed E-state index contributed by atoms with van der Waals surface area (Å²) in [7, 11) is 0. The van der Waals surface area contributed by atoms with Crippen LogP contribution in [0.25, 0.3) is 0 Å². The molecule has 0 heterocycles. The van der Waals surface area contributed by atoms with Gasteiger partial charge in [0, 0.05) is 5.75 Å². The molecule has 0 saturated heterocycles. The van der Waals surface area contributed by atoms with Crippen LogP contribution in [-0.4, -0.2) is 11.5 Å². The van der Waals surface area contributed by atoms with E-state index in [-0.39, 0.29) is 0 Å². The van der Waals surface area contributed by atoms with Crippen LogP contribution < -0.4 is 0 Å². The topological polar surface area (TPSA) is 0 Å². The summed E-state index contributed by atoms with van der Waals surface area (Å²) in [6, 6.07) is 10.6. The standard InChI is InChI=1S/C15H22S/c1-2-3-8-13-16-14-9-7-12-15-10-5-4-6-11-15/h4-7,9-11H,2-3,8,12-14H2,1H3. The second-order valence-corrected chi connectivity index (χ2v) is 5.09. The van der Waals surface area contributed by atoms with Gasteiger partial charge in [-0.1, -0.05) is 62.2 Å². The number of hydrogen-bond acceptors (Lipinski definition) is 1. The molecule has 0 aliphatic carbocycles. The van der Waals surface area contributed by atoms with E-state index in [0.717, 1.165) is 12.2 Å². The van der Waals surface area contributed by atoms with Gasteiger partial charge in [-0.15, -0.1) is 0 Å². The fraction of sp³-hybridized carbons (Fsp3) is 0.467. The molecule has 0 spiro atoms. The SMILES string of the molecule is CCCCCSCC=CCc1ccccc1. The van der Waals surface area contributed by atoms with Gasteiger partial charge in [-0.2, -0.15) is 11.8 Å². The maximum absolute atomic E-state index is 2.30. The van der Waals surface area contributed by atoms with Gasteiger partial charge >= 0.3 is 0 Å². The van der Waals surface area contributed by atoms with Crippen molar-refractivity contribution in [3.05, 3.63) is 48.0 Å². The molecule has 0 aliphatic heterocycles. The minimum atomic E-state index is 1.07. The zero-order valence-electron chi connectivity index (χ0n) is 10.2. The van der Waals surface area contributed by atoms with Crippen molar-refractivity contribution in [3.8, 4) is 0 Å². The Kier molecular flexibility index (Phi) is 7.97. The molecule has 0 atom stereocenters. The summed E-state index contributed by atoms with van der Waals surface area (Å²) in [6.07, 6.45) is 9.71. The van der Waals surface area contributed by atoms with Crippen molar-refractivity contribution in [1.82, 2.24) is 0 Å². The monoisotopic (exact) mass is 234 g/mol. The lowest BCUT2D eigenvalue weighted by atomic mass is 10.1. The molecule has 1 rings (SSSR count). The van der Waals surface area contributed by atoms with E-state index >= 15 is 0 Å². The summed E-state index contributed by atoms with van der Waals surface area (Å²) < 4.78 is 0. The smallest absolute Gasteiger partial charge is 0.0113 e. The van der Waals surface area contributed by atoms with E-state index in [1.165, 1.54) is 30.6 Å². The van der Waals surface area contributed by atoms with Crippen molar-refractivity contribution in [2.75, 3.05) is 11.5 Å². The van der Waals surface area contributed by atoms with Gasteiger partial charge in [-0.05, 0) is 24.2 Å². The zero-order chi connectivity index (χ0) is 11.5. The Morgan fingerprint density at radius 2 is 1.88 bits per heavy atom. The number of hydrogen-bond donors (Lipinski definition) is 0. The third-order valence-corrected chi connectivity index (χ3v) is 3.47. The van der Waals surface area contributed by atoms with Crippen LogP contribution in [-0.2, 0) is 6.42 Å². The molecule has 0 nitrogen and oxygen atoms in total. The highest BCUT2D eigenvalue weighted by molar-refractivity contribution is 7.99. The quantitative estimate of drug-likeness (QED) is 0.464. The molecule has 0 amide bonds. The fourth-order valence-corrected chi connectivity index (χ4v) is 2.35. The van der Waals surface area contributed by atoms with Crippen LogP contribution >= 0.6 is 11.8 Å². The normalized spacial score (nSPS) is 11.1. The first-order valence-electron chi connectivity index (χ1n) is 6.20. The number of benzene rings is 1. The predicted molar refractivity (Wildman–Crippen MR) is 76.1 cm³/mol. The number of thioether (sulfide) groups is 1. The predicted octanol–water partition coefficient (Wildman–Crippen LogP) is 4.71. The number of unbranched alkanes of at least 4 members (excludes halogenated alkanes) is 2. The van der Waals surface area contributed by atoms with E-state index in [0.29, 0.717) is 0 Å². The average Bonchev–Trinajstić information content (AvgIpc) is 2.34. The third kappa shape index (κ3) is 6.73. The molecule has 0 radical (unpaired) electrons. The van der Waals surface area contributed by atoms with Crippen molar-refractivity contribution in [3.63, 3.8) is 0 Å². The fourth-order valence-electron chi connectivity index (χ4n) is 1.51. The lowest BCUT2D eigenvalue weighted by molar-refractivity contribution is 0.779. The Balaban J connectivity index is 2.01. The van der Waals surface area contributed by atoms with Crippen molar-refractivity contribution in [2.45, 2.75) is 32.6 Å². The molecule has 16 heavy (non-hydrogen) atoms. The Hall–Kier alpha value is -0.690. The highest BCUT2D eigenvalue weighted by Crippen LogP contribution is 2.07. The first kappa shape index (κ1) is 13.4. The Morgan fingerprint density at radius 1 is 1.06 bits per heavy atom. The van der Waals surface area contributed by atoms with E-state index in [1.54, 1.807) is 0 Å². The van der Waals surface area contributed by atoms with Crippen molar-refractivity contribution in [1.29, 1.82) is 0 Å². The summed E-state index contributed by atoms with van der Waals surface area (Å²) in [5, 5.41) is 0. The van der Waals surface area contributed by atoms with Gasteiger partial charge in [0.15, 0.2) is 0 Å². The van der Waals surface area contributed by atoms with Gasteiger partial charge in [-0.25, -0.2) is 0 Å². The van der Waals surface area contributed by atoms with E-state index in [9.17, 15) is 0 Å². The van der Waals surface area contributed by atoms with Crippen molar-refractivity contribution < 1.29 is 0 Å². The van der Waals surface area contributed by atoms with Gasteiger partial charge in [0.1, 0.15) is 0 Å². The van der Waals surface area contributed by atoms with Crippen LogP contribution in [0.4, 0.5) is 0 Å². The molecular weight excluding hydrogens is 212 g/mol. The van der Waals surface area contributed by atoms with Crippen LogP contribution in [0.1, 0.15) is 31.7 Å². The minimum Gasteiger partial charge on any atom is -0.158 e. The average molecular weight is 234 g/mol. The van der Waals surface area contributed by atoms with Crippen LogP contribution in [0.3, 0.4) is 0 Å². The maximum atomic E-state index is 2.30. The Morgan fingerprint density at radius 3 is 2.62 bits per heavy atom. The van der Waals surface area contributed by atoms with Crippen LogP contribution in [0, 0.1) is 0 Å². The molecule has 88 valence electrons. The zero-order valence-corrected chi connectivity index (χ0v) is 11.0. The summed E-state index contributed by atoms with van der Waals surface area (Å²) in [4.78, 5) is 0. The molecule has 1 aromatic carbocycles. The van der Waals surface area contributed by atoms with Crippen LogP contribution in [0.15, 0.2) is 42.5 Å². The lowest BCUT2D eigenvalue weighted by Crippen LogP contribution is -1.82. The maximum Gasteiger partial charge on any atom is 0.0113 e. The third-order valence-electron chi connectivity index (χ3n) is 2.47. The lowest BCUT2D eigenvalue weighted by Gasteiger charge is -1.97. The van der Waals surface area contributed by atoms with Gasteiger partial charge in [0.05, 0.1) is 0 Å². The van der Waals surface area contributed by atoms with E-state index < -0.39 is 0 Å². The molecule has 0 saturated carbocycles. The van der Waals surface area contributed by atoms with Gasteiger partial charge in [-0.3, -0.25) is 0 Å². The summed E-state index contributed by atoms with van der Waals surface area (Å²) in [5.74, 6) is 2.47. The van der Waals surface area contributed by atoms with Gasteiger partial charge in [0.2, 0.25) is 0 Å². The minimum absolute atomic E-state index is 1.07. The second kappa shape index (κ2) is 9.53. The van der Waals surface area contributed by atoms with E-state index in [4.69, 9.17) is 0 Å². The molecule has 0 aromatic heterocycles. The molecule has 0 N–H and O–H groups in total. The van der Waals surface area contributed by atoms with Crippen LogP contribution in [0.2, 0.25) is 0 Å². The van der Waals surface area contributed by atoms with Gasteiger partial charge < -0.3 is 0 Å². The highest BCUT2D eigenvalue weighted by atomic mass is 32.2. The first-order valence-corrected chi connectivity index (χ1v) is 7.35. The van der Waals surface area contributed by atoms with Crippen LogP contribution in [0.5, 0.6) is 0 Å². The molecule has 0 unspecified atom stereocenters.